The zero-order chi connectivity index (χ0) is 9.97. The number of methoxy groups -OCH3 is 1. The van der Waals surface area contributed by atoms with E-state index in [0.717, 1.165) is 11.4 Å². The summed E-state index contributed by atoms with van der Waals surface area (Å²) in [5.74, 6) is -0.329. The molecule has 0 spiro atoms. The number of fused-ring (bicyclic) bond motifs is 1. The van der Waals surface area contributed by atoms with Gasteiger partial charge in [0.25, 0.3) is 0 Å². The van der Waals surface area contributed by atoms with Gasteiger partial charge >= 0.3 is 5.97 Å². The number of benzene rings is 1. The lowest BCUT2D eigenvalue weighted by Gasteiger charge is -2.12. The lowest BCUT2D eigenvalue weighted by molar-refractivity contribution is 0.0601. The lowest BCUT2D eigenvalue weighted by atomic mass is 10.1. The number of nitrogens with zero attached hydrogens (tertiary/aromatic N) is 1. The highest BCUT2D eigenvalue weighted by Crippen LogP contribution is 2.27. The van der Waals surface area contributed by atoms with Crippen molar-refractivity contribution in [3.05, 3.63) is 23.8 Å². The molecule has 4 nitrogen and oxygen atoms in total. The normalized spacial score (nSPS) is 12.9. The molecule has 1 aromatic rings. The summed E-state index contributed by atoms with van der Waals surface area (Å²) in [5.41, 5.74) is 2.26. The summed E-state index contributed by atoms with van der Waals surface area (Å²) in [5, 5.41) is 3.12. The van der Waals surface area contributed by atoms with Gasteiger partial charge in [0.15, 0.2) is 0 Å². The van der Waals surface area contributed by atoms with E-state index in [2.05, 4.69) is 15.0 Å². The molecule has 0 saturated heterocycles. The van der Waals surface area contributed by atoms with E-state index in [9.17, 15) is 4.79 Å². The van der Waals surface area contributed by atoms with E-state index in [1.165, 1.54) is 7.11 Å². The fraction of sp³-hybridized carbons (Fsp3) is 0.200. The molecule has 1 aliphatic heterocycles. The Morgan fingerprint density at radius 2 is 2.43 bits per heavy atom. The van der Waals surface area contributed by atoms with E-state index in [4.69, 9.17) is 0 Å². The summed E-state index contributed by atoms with van der Waals surface area (Å²) in [6.07, 6.45) is 1.79. The maximum absolute atomic E-state index is 11.2. The zero-order valence-electron chi connectivity index (χ0n) is 7.78. The molecule has 4 heteroatoms. The van der Waals surface area contributed by atoms with Crippen LogP contribution in [0, 0.1) is 0 Å². The van der Waals surface area contributed by atoms with Crippen molar-refractivity contribution in [3.8, 4) is 0 Å². The van der Waals surface area contributed by atoms with Gasteiger partial charge in [-0.3, -0.25) is 4.99 Å². The molecule has 0 fully saturated rings. The quantitative estimate of drug-likeness (QED) is 0.684. The molecule has 0 radical (unpaired) electrons. The van der Waals surface area contributed by atoms with Gasteiger partial charge in [-0.1, -0.05) is 0 Å². The van der Waals surface area contributed by atoms with E-state index < -0.39 is 0 Å². The van der Waals surface area contributed by atoms with E-state index in [1.807, 2.05) is 0 Å². The Hall–Kier alpha value is -1.84. The number of carbonyl (C=O) groups excluding carboxylic acids is 1. The van der Waals surface area contributed by atoms with Crippen molar-refractivity contribution in [2.24, 2.45) is 4.99 Å². The Bertz CT molecular complexity index is 399. The highest BCUT2D eigenvalue weighted by atomic mass is 16.5. The molecule has 1 N–H and O–H groups in total. The van der Waals surface area contributed by atoms with Crippen molar-refractivity contribution in [2.75, 3.05) is 19.0 Å². The molecule has 0 aliphatic carbocycles. The van der Waals surface area contributed by atoms with Crippen LogP contribution < -0.4 is 5.32 Å². The molecule has 0 saturated carbocycles. The van der Waals surface area contributed by atoms with Crippen LogP contribution in [-0.2, 0) is 4.74 Å². The Labute approximate surface area is 81.6 Å². The summed E-state index contributed by atoms with van der Waals surface area (Å²) in [6, 6.07) is 5.25. The summed E-state index contributed by atoms with van der Waals surface area (Å²) in [4.78, 5) is 15.4. The van der Waals surface area contributed by atoms with Crippen LogP contribution in [0.2, 0.25) is 0 Å². The largest absolute Gasteiger partial charge is 0.465 e. The number of rotatable bonds is 1. The van der Waals surface area contributed by atoms with E-state index in [-0.39, 0.29) is 5.97 Å². The molecule has 0 bridgehead atoms. The number of hydrogen-bond donors (Lipinski definition) is 1. The molecule has 72 valence electrons. The van der Waals surface area contributed by atoms with E-state index >= 15 is 0 Å². The van der Waals surface area contributed by atoms with Crippen LogP contribution >= 0.6 is 0 Å². The summed E-state index contributed by atoms with van der Waals surface area (Å²) >= 11 is 0. The van der Waals surface area contributed by atoms with Gasteiger partial charge < -0.3 is 10.1 Å². The Morgan fingerprint density at radius 1 is 1.57 bits per heavy atom. The van der Waals surface area contributed by atoms with Gasteiger partial charge in [-0.05, 0) is 18.2 Å². The van der Waals surface area contributed by atoms with Crippen LogP contribution in [0.4, 0.5) is 11.4 Å². The third-order valence-electron chi connectivity index (χ3n) is 2.03. The first-order chi connectivity index (χ1) is 6.81. The Balaban J connectivity index is 2.39. The molecule has 0 aromatic heterocycles. The highest BCUT2D eigenvalue weighted by molar-refractivity contribution is 5.93. The standard InChI is InChI=1S/C10H10N2O2/c1-14-10(13)7-2-3-8-9(6-7)12-5-4-11-8/h2-4,6,12H,5H2,1H3. The molecule has 1 heterocycles. The van der Waals surface area contributed by atoms with Crippen LogP contribution in [0.1, 0.15) is 10.4 Å². The van der Waals surface area contributed by atoms with Crippen LogP contribution in [0.15, 0.2) is 23.2 Å². The van der Waals surface area contributed by atoms with Gasteiger partial charge in [0.2, 0.25) is 0 Å². The average molecular weight is 190 g/mol. The number of aliphatic imine (C=N–C) groups is 1. The first-order valence-electron chi connectivity index (χ1n) is 4.30. The first kappa shape index (κ1) is 8.74. The third kappa shape index (κ3) is 1.46. The van der Waals surface area contributed by atoms with Crippen molar-refractivity contribution >= 4 is 23.6 Å². The van der Waals surface area contributed by atoms with Crippen molar-refractivity contribution in [2.45, 2.75) is 0 Å². The third-order valence-corrected chi connectivity index (χ3v) is 2.03. The van der Waals surface area contributed by atoms with Crippen molar-refractivity contribution in [3.63, 3.8) is 0 Å². The smallest absolute Gasteiger partial charge is 0.337 e. The van der Waals surface area contributed by atoms with Crippen LogP contribution in [0.3, 0.4) is 0 Å². The lowest BCUT2D eigenvalue weighted by Crippen LogP contribution is -2.08. The summed E-state index contributed by atoms with van der Waals surface area (Å²) < 4.78 is 4.62. The molecule has 1 aromatic carbocycles. The van der Waals surface area contributed by atoms with Gasteiger partial charge in [0.1, 0.15) is 0 Å². The molecule has 0 unspecified atom stereocenters. The second-order valence-corrected chi connectivity index (χ2v) is 2.92. The first-order valence-corrected chi connectivity index (χ1v) is 4.30. The fourth-order valence-corrected chi connectivity index (χ4v) is 1.33. The monoisotopic (exact) mass is 190 g/mol. The Morgan fingerprint density at radius 3 is 3.21 bits per heavy atom. The molecule has 0 atom stereocenters. The summed E-state index contributed by atoms with van der Waals surface area (Å²) in [6.45, 7) is 0.692. The maximum atomic E-state index is 11.2. The average Bonchev–Trinajstić information content (AvgIpc) is 2.27. The van der Waals surface area contributed by atoms with Gasteiger partial charge in [0, 0.05) is 6.21 Å². The molecule has 1 aliphatic rings. The molecular weight excluding hydrogens is 180 g/mol. The number of esters is 1. The maximum Gasteiger partial charge on any atom is 0.337 e. The van der Waals surface area contributed by atoms with E-state index in [0.29, 0.717) is 12.1 Å². The van der Waals surface area contributed by atoms with Gasteiger partial charge in [-0.25, -0.2) is 4.79 Å². The number of ether oxygens (including phenoxy) is 1. The summed E-state index contributed by atoms with van der Waals surface area (Å²) in [7, 11) is 1.37. The van der Waals surface area contributed by atoms with Crippen molar-refractivity contribution in [1.29, 1.82) is 0 Å². The molecule has 14 heavy (non-hydrogen) atoms. The van der Waals surface area contributed by atoms with Crippen LogP contribution in [0.5, 0.6) is 0 Å². The predicted octanol–water partition coefficient (Wildman–Crippen LogP) is 1.60. The molecule has 2 rings (SSSR count). The van der Waals surface area contributed by atoms with Gasteiger partial charge in [-0.2, -0.15) is 0 Å². The minimum atomic E-state index is -0.329. The van der Waals surface area contributed by atoms with Gasteiger partial charge in [-0.15, -0.1) is 0 Å². The topological polar surface area (TPSA) is 50.7 Å². The second kappa shape index (κ2) is 3.49. The number of carbonyl (C=O) groups is 1. The number of nitrogens with one attached hydrogen (secondary N) is 1. The predicted molar refractivity (Wildman–Crippen MR) is 54.4 cm³/mol. The molecular formula is C10H10N2O2. The SMILES string of the molecule is COC(=O)c1ccc2c(c1)NCC=N2. The van der Waals surface area contributed by atoms with Crippen molar-refractivity contribution in [1.82, 2.24) is 0 Å². The van der Waals surface area contributed by atoms with Crippen LogP contribution in [0.25, 0.3) is 0 Å². The zero-order valence-corrected chi connectivity index (χ0v) is 7.78. The fourth-order valence-electron chi connectivity index (χ4n) is 1.33. The number of hydrogen-bond acceptors (Lipinski definition) is 4. The number of anilines is 1. The van der Waals surface area contributed by atoms with Crippen molar-refractivity contribution < 1.29 is 9.53 Å². The van der Waals surface area contributed by atoms with E-state index in [1.54, 1.807) is 24.4 Å². The minimum absolute atomic E-state index is 0.329. The highest BCUT2D eigenvalue weighted by Gasteiger charge is 2.10. The van der Waals surface area contributed by atoms with Crippen LogP contribution in [-0.4, -0.2) is 25.8 Å². The second-order valence-electron chi connectivity index (χ2n) is 2.92. The minimum Gasteiger partial charge on any atom is -0.465 e. The van der Waals surface area contributed by atoms with Gasteiger partial charge in [0.05, 0.1) is 30.6 Å². The Kier molecular flexibility index (Phi) is 2.18. The molecule has 0 amide bonds.